The number of anilines is 1. The molecule has 0 radical (unpaired) electrons. The lowest BCUT2D eigenvalue weighted by Crippen LogP contribution is -2.09. The molecule has 0 saturated carbocycles. The molecule has 0 aliphatic rings. The molecule has 0 spiro atoms. The first-order chi connectivity index (χ1) is 7.86. The summed E-state index contributed by atoms with van der Waals surface area (Å²) in [6.45, 7) is 1.80. The smallest absolute Gasteiger partial charge is 0.142 e. The quantitative estimate of drug-likeness (QED) is 0.671. The monoisotopic (exact) mass is 329 g/mol. The maximum atomic E-state index is 4.16. The average Bonchev–Trinajstić information content (AvgIpc) is 2.79. The Hall–Kier alpha value is -1.18. The first-order valence-corrected chi connectivity index (χ1v) is 6.11. The molecule has 5 nitrogen and oxygen atoms in total. The Morgan fingerprint density at radius 2 is 2.38 bits per heavy atom. The largest absolute Gasteiger partial charge is 0.369 e. The molecule has 0 aliphatic carbocycles. The maximum Gasteiger partial charge on any atom is 0.142 e. The van der Waals surface area contributed by atoms with E-state index < -0.39 is 0 Å². The molecule has 84 valence electrons. The zero-order valence-corrected chi connectivity index (χ0v) is 10.8. The lowest BCUT2D eigenvalue weighted by Gasteiger charge is -2.06. The van der Waals surface area contributed by atoms with Crippen molar-refractivity contribution in [3.63, 3.8) is 0 Å². The van der Waals surface area contributed by atoms with Gasteiger partial charge in [0.05, 0.1) is 3.57 Å². The molecule has 0 aliphatic heterocycles. The number of hydrogen-bond donors (Lipinski definition) is 1. The topological polar surface area (TPSA) is 55.6 Å². The van der Waals surface area contributed by atoms with Crippen molar-refractivity contribution in [1.29, 1.82) is 0 Å². The number of nitrogens with zero attached hydrogens (tertiary/aromatic N) is 4. The van der Waals surface area contributed by atoms with Crippen LogP contribution < -0.4 is 5.32 Å². The standard InChI is InChI=1S/C10H12IN5/c11-9-7-12-8-14-10(9)13-3-1-5-16-6-2-4-15-16/h2,4,6-8H,1,3,5H2,(H,12,13,14). The third-order valence-electron chi connectivity index (χ3n) is 2.08. The van der Waals surface area contributed by atoms with Crippen LogP contribution in [0.4, 0.5) is 5.82 Å². The van der Waals surface area contributed by atoms with Crippen molar-refractivity contribution in [2.75, 3.05) is 11.9 Å². The molecule has 0 amide bonds. The van der Waals surface area contributed by atoms with Gasteiger partial charge >= 0.3 is 0 Å². The van der Waals surface area contributed by atoms with E-state index in [4.69, 9.17) is 0 Å². The summed E-state index contributed by atoms with van der Waals surface area (Å²) in [5, 5.41) is 7.42. The van der Waals surface area contributed by atoms with E-state index in [1.165, 1.54) is 0 Å². The number of halogens is 1. The van der Waals surface area contributed by atoms with Gasteiger partial charge in [0.25, 0.3) is 0 Å². The van der Waals surface area contributed by atoms with Gasteiger partial charge in [-0.3, -0.25) is 4.68 Å². The second kappa shape index (κ2) is 5.78. The molecule has 0 fully saturated rings. The van der Waals surface area contributed by atoms with E-state index in [-0.39, 0.29) is 0 Å². The van der Waals surface area contributed by atoms with Gasteiger partial charge in [-0.15, -0.1) is 0 Å². The second-order valence-corrected chi connectivity index (χ2v) is 4.43. The van der Waals surface area contributed by atoms with Crippen molar-refractivity contribution in [3.8, 4) is 0 Å². The van der Waals surface area contributed by atoms with Crippen LogP contribution in [0.1, 0.15) is 6.42 Å². The Morgan fingerprint density at radius 1 is 1.44 bits per heavy atom. The van der Waals surface area contributed by atoms with Gasteiger partial charge in [0.2, 0.25) is 0 Å². The SMILES string of the molecule is Ic1cncnc1NCCCn1cccn1. The number of aromatic nitrogens is 4. The third-order valence-corrected chi connectivity index (χ3v) is 2.87. The zero-order chi connectivity index (χ0) is 11.2. The lowest BCUT2D eigenvalue weighted by atomic mass is 10.4. The Balaban J connectivity index is 1.74. The van der Waals surface area contributed by atoms with Gasteiger partial charge in [0.1, 0.15) is 12.1 Å². The summed E-state index contributed by atoms with van der Waals surface area (Å²) in [5.41, 5.74) is 0. The van der Waals surface area contributed by atoms with Gasteiger partial charge in [-0.25, -0.2) is 9.97 Å². The normalized spacial score (nSPS) is 10.3. The summed E-state index contributed by atoms with van der Waals surface area (Å²) in [5.74, 6) is 0.899. The molecule has 0 atom stereocenters. The zero-order valence-electron chi connectivity index (χ0n) is 8.67. The average molecular weight is 329 g/mol. The van der Waals surface area contributed by atoms with Crippen LogP contribution in [0.2, 0.25) is 0 Å². The van der Waals surface area contributed by atoms with E-state index >= 15 is 0 Å². The molecule has 0 unspecified atom stereocenters. The summed E-state index contributed by atoms with van der Waals surface area (Å²) in [4.78, 5) is 8.10. The van der Waals surface area contributed by atoms with Gasteiger partial charge in [0.15, 0.2) is 0 Å². The number of aryl methyl sites for hydroxylation is 1. The van der Waals surface area contributed by atoms with E-state index in [1.54, 1.807) is 18.7 Å². The van der Waals surface area contributed by atoms with E-state index in [2.05, 4.69) is 43.0 Å². The highest BCUT2D eigenvalue weighted by Gasteiger charge is 1.98. The molecule has 0 bridgehead atoms. The van der Waals surface area contributed by atoms with Crippen molar-refractivity contribution in [2.24, 2.45) is 0 Å². The fourth-order valence-corrected chi connectivity index (χ4v) is 1.81. The molecule has 0 saturated heterocycles. The summed E-state index contributed by atoms with van der Waals surface area (Å²) in [7, 11) is 0. The molecule has 2 rings (SSSR count). The summed E-state index contributed by atoms with van der Waals surface area (Å²) in [6, 6.07) is 1.93. The van der Waals surface area contributed by atoms with E-state index in [0.717, 1.165) is 28.9 Å². The lowest BCUT2D eigenvalue weighted by molar-refractivity contribution is 0.591. The fourth-order valence-electron chi connectivity index (χ4n) is 1.32. The van der Waals surface area contributed by atoms with Gasteiger partial charge in [-0.1, -0.05) is 0 Å². The van der Waals surface area contributed by atoms with Gasteiger partial charge in [-0.2, -0.15) is 5.10 Å². The Morgan fingerprint density at radius 3 is 3.12 bits per heavy atom. The molecule has 1 N–H and O–H groups in total. The third kappa shape index (κ3) is 3.16. The predicted octanol–water partition coefficient (Wildman–Crippen LogP) is 1.78. The van der Waals surface area contributed by atoms with Gasteiger partial charge < -0.3 is 5.32 Å². The van der Waals surface area contributed by atoms with Gasteiger partial charge in [0, 0.05) is 31.7 Å². The summed E-state index contributed by atoms with van der Waals surface area (Å²) < 4.78 is 2.96. The molecule has 2 heterocycles. The maximum absolute atomic E-state index is 4.16. The number of rotatable bonds is 5. The van der Waals surface area contributed by atoms with Gasteiger partial charge in [-0.05, 0) is 35.1 Å². The van der Waals surface area contributed by atoms with Crippen molar-refractivity contribution < 1.29 is 0 Å². The summed E-state index contributed by atoms with van der Waals surface area (Å²) in [6.07, 6.45) is 8.12. The van der Waals surface area contributed by atoms with E-state index in [1.807, 2.05) is 16.9 Å². The van der Waals surface area contributed by atoms with Crippen LogP contribution in [-0.2, 0) is 6.54 Å². The number of hydrogen-bond acceptors (Lipinski definition) is 4. The Bertz CT molecular complexity index is 429. The van der Waals surface area contributed by atoms with Crippen LogP contribution in [0.5, 0.6) is 0 Å². The number of nitrogens with one attached hydrogen (secondary N) is 1. The van der Waals surface area contributed by atoms with Crippen LogP contribution >= 0.6 is 22.6 Å². The fraction of sp³-hybridized carbons (Fsp3) is 0.300. The molecule has 2 aromatic rings. The van der Waals surface area contributed by atoms with Crippen LogP contribution in [0.3, 0.4) is 0 Å². The van der Waals surface area contributed by atoms with Crippen LogP contribution in [0.15, 0.2) is 31.0 Å². The first-order valence-electron chi connectivity index (χ1n) is 5.03. The molecular formula is C10H12IN5. The predicted molar refractivity (Wildman–Crippen MR) is 70.1 cm³/mol. The highest BCUT2D eigenvalue weighted by Crippen LogP contribution is 2.11. The van der Waals surface area contributed by atoms with E-state index in [0.29, 0.717) is 0 Å². The molecule has 2 aromatic heterocycles. The molecular weight excluding hydrogens is 317 g/mol. The Labute approximate surface area is 107 Å². The van der Waals surface area contributed by atoms with Crippen molar-refractivity contribution in [2.45, 2.75) is 13.0 Å². The minimum Gasteiger partial charge on any atom is -0.369 e. The Kier molecular flexibility index (Phi) is 4.09. The highest BCUT2D eigenvalue weighted by atomic mass is 127. The van der Waals surface area contributed by atoms with Crippen LogP contribution in [0.25, 0.3) is 0 Å². The minimum absolute atomic E-state index is 0.882. The van der Waals surface area contributed by atoms with Crippen LogP contribution in [0, 0.1) is 3.57 Å². The summed E-state index contributed by atoms with van der Waals surface area (Å²) >= 11 is 2.22. The molecule has 16 heavy (non-hydrogen) atoms. The second-order valence-electron chi connectivity index (χ2n) is 3.27. The molecule has 0 aromatic carbocycles. The molecule has 6 heteroatoms. The van der Waals surface area contributed by atoms with Crippen LogP contribution in [-0.4, -0.2) is 26.3 Å². The first kappa shape index (κ1) is 11.3. The van der Waals surface area contributed by atoms with E-state index in [9.17, 15) is 0 Å². The van der Waals surface area contributed by atoms with Crippen molar-refractivity contribution in [1.82, 2.24) is 19.7 Å². The van der Waals surface area contributed by atoms with Crippen molar-refractivity contribution in [3.05, 3.63) is 34.6 Å². The highest BCUT2D eigenvalue weighted by molar-refractivity contribution is 14.1. The van der Waals surface area contributed by atoms with Crippen molar-refractivity contribution >= 4 is 28.4 Å². The minimum atomic E-state index is 0.882.